The van der Waals surface area contributed by atoms with Crippen LogP contribution in [-0.2, 0) is 9.59 Å². The van der Waals surface area contributed by atoms with Crippen LogP contribution < -0.4 is 10.6 Å². The lowest BCUT2D eigenvalue weighted by Crippen LogP contribution is -2.12. The number of hydrogen-bond donors (Lipinski definition) is 4. The van der Waals surface area contributed by atoms with Gasteiger partial charge < -0.3 is 20.8 Å². The quantitative estimate of drug-likeness (QED) is 0.0980. The van der Waals surface area contributed by atoms with E-state index in [2.05, 4.69) is 20.6 Å². The van der Waals surface area contributed by atoms with E-state index >= 15 is 0 Å². The molecule has 43 heavy (non-hydrogen) atoms. The summed E-state index contributed by atoms with van der Waals surface area (Å²) in [5.74, 6) is 0.0728. The normalized spacial score (nSPS) is 11.3. The van der Waals surface area contributed by atoms with Gasteiger partial charge in [0.25, 0.3) is 0 Å². The molecule has 8 nitrogen and oxygen atoms in total. The van der Waals surface area contributed by atoms with Crippen LogP contribution in [0.3, 0.4) is 0 Å². The van der Waals surface area contributed by atoms with Crippen LogP contribution in [0.1, 0.15) is 44.9 Å². The van der Waals surface area contributed by atoms with Gasteiger partial charge in [-0.05, 0) is 49.2 Å². The zero-order valence-corrected chi connectivity index (χ0v) is 23.6. The van der Waals surface area contributed by atoms with Gasteiger partial charge in [0.05, 0.1) is 22.4 Å². The summed E-state index contributed by atoms with van der Waals surface area (Å²) in [7, 11) is 0. The Morgan fingerprint density at radius 3 is 1.33 bits per heavy atom. The summed E-state index contributed by atoms with van der Waals surface area (Å²) in [6.45, 7) is 0. The number of unbranched alkanes of at least 4 members (excludes halogenated alkanes) is 4. The van der Waals surface area contributed by atoms with E-state index in [1.54, 1.807) is 24.3 Å². The zero-order chi connectivity index (χ0) is 29.8. The van der Waals surface area contributed by atoms with Crippen molar-refractivity contribution in [2.75, 3.05) is 10.6 Å². The van der Waals surface area contributed by atoms with Crippen molar-refractivity contribution in [3.63, 3.8) is 0 Å². The number of nitrogens with zero attached hydrogens (tertiary/aromatic N) is 2. The fourth-order valence-electron chi connectivity index (χ4n) is 5.47. The molecule has 0 aliphatic rings. The molecule has 2 heterocycles. The first-order chi connectivity index (χ1) is 21.0. The minimum Gasteiger partial charge on any atom is -0.506 e. The second kappa shape index (κ2) is 12.3. The lowest BCUT2D eigenvalue weighted by atomic mass is 10.1. The molecule has 2 amide bonds. The predicted molar refractivity (Wildman–Crippen MR) is 171 cm³/mol. The molecule has 6 rings (SSSR count). The van der Waals surface area contributed by atoms with E-state index in [1.165, 1.54) is 0 Å². The molecular weight excluding hydrogens is 540 g/mol. The number of carbonyl (C=O) groups excluding carboxylic acids is 2. The Balaban J connectivity index is 0.951. The maximum atomic E-state index is 12.7. The predicted octanol–water partition coefficient (Wildman–Crippen LogP) is 7.81. The fourth-order valence-corrected chi connectivity index (χ4v) is 5.47. The Morgan fingerprint density at radius 2 is 0.884 bits per heavy atom. The van der Waals surface area contributed by atoms with Crippen LogP contribution in [0.25, 0.3) is 43.6 Å². The summed E-state index contributed by atoms with van der Waals surface area (Å²) >= 11 is 0. The number of phenols is 2. The van der Waals surface area contributed by atoms with Crippen molar-refractivity contribution in [2.24, 2.45) is 0 Å². The van der Waals surface area contributed by atoms with Gasteiger partial charge in [-0.15, -0.1) is 0 Å². The number of benzene rings is 4. The number of hydrogen-bond acceptors (Lipinski definition) is 6. The second-order valence-corrected chi connectivity index (χ2v) is 10.8. The summed E-state index contributed by atoms with van der Waals surface area (Å²) in [6.07, 6.45) is 5.02. The molecule has 0 aliphatic carbocycles. The number of carbonyl (C=O) groups is 2. The molecule has 0 unspecified atom stereocenters. The van der Waals surface area contributed by atoms with Crippen molar-refractivity contribution in [1.82, 2.24) is 9.97 Å². The number of anilines is 2. The van der Waals surface area contributed by atoms with Crippen molar-refractivity contribution in [2.45, 2.75) is 44.9 Å². The van der Waals surface area contributed by atoms with E-state index in [9.17, 15) is 19.8 Å². The minimum atomic E-state index is -0.0733. The van der Waals surface area contributed by atoms with E-state index in [-0.39, 0.29) is 23.3 Å². The van der Waals surface area contributed by atoms with Crippen LogP contribution in [0.4, 0.5) is 11.4 Å². The van der Waals surface area contributed by atoms with E-state index in [4.69, 9.17) is 0 Å². The van der Waals surface area contributed by atoms with Crippen LogP contribution in [0.2, 0.25) is 0 Å². The van der Waals surface area contributed by atoms with Crippen molar-refractivity contribution in [3.8, 4) is 11.5 Å². The number of phenolic OH excluding ortho intramolecular Hbond substituents is 2. The Bertz CT molecular complexity index is 1850. The first kappa shape index (κ1) is 27.9. The maximum absolute atomic E-state index is 12.7. The van der Waals surface area contributed by atoms with Gasteiger partial charge >= 0.3 is 0 Å². The van der Waals surface area contributed by atoms with Crippen LogP contribution in [0.15, 0.2) is 84.9 Å². The van der Waals surface area contributed by atoms with Gasteiger partial charge in [-0.3, -0.25) is 9.59 Å². The summed E-state index contributed by atoms with van der Waals surface area (Å²) in [6, 6.07) is 25.8. The monoisotopic (exact) mass is 572 g/mol. The lowest BCUT2D eigenvalue weighted by molar-refractivity contribution is -0.117. The lowest BCUT2D eigenvalue weighted by Gasteiger charge is -2.10. The molecule has 0 bridgehead atoms. The van der Waals surface area contributed by atoms with Crippen LogP contribution in [-0.4, -0.2) is 32.0 Å². The molecule has 4 N–H and O–H groups in total. The van der Waals surface area contributed by atoms with Crippen LogP contribution >= 0.6 is 0 Å². The highest BCUT2D eigenvalue weighted by Gasteiger charge is 2.12. The average molecular weight is 573 g/mol. The van der Waals surface area contributed by atoms with Crippen molar-refractivity contribution in [1.29, 1.82) is 0 Å². The standard InChI is InChI=1S/C35H32N4O4/c40-28-16-8-12-24-20-22-10-6-14-26(32(22)38-34(24)28)36-30(42)18-4-2-1-3-5-19-31(43)37-27-15-7-11-23-21-25-13-9-17-29(41)35(25)39-33(23)27/h6-17,20-21,40-41H,1-5,18-19H2,(H,36,42)(H,37,43). The number of aromatic nitrogens is 2. The molecule has 0 atom stereocenters. The Hall–Kier alpha value is -5.24. The van der Waals surface area contributed by atoms with Crippen molar-refractivity contribution < 1.29 is 19.8 Å². The Kier molecular flexibility index (Phi) is 8.00. The van der Waals surface area contributed by atoms with Crippen molar-refractivity contribution >= 4 is 66.8 Å². The maximum Gasteiger partial charge on any atom is 0.224 e. The summed E-state index contributed by atoms with van der Waals surface area (Å²) in [5.41, 5.74) is 3.57. The molecule has 2 aromatic heterocycles. The second-order valence-electron chi connectivity index (χ2n) is 10.8. The summed E-state index contributed by atoms with van der Waals surface area (Å²) < 4.78 is 0. The summed E-state index contributed by atoms with van der Waals surface area (Å²) in [5, 5.41) is 29.8. The Morgan fingerprint density at radius 1 is 0.512 bits per heavy atom. The smallest absolute Gasteiger partial charge is 0.224 e. The number of fused-ring (bicyclic) bond motifs is 4. The third-order valence-electron chi connectivity index (χ3n) is 7.65. The van der Waals surface area contributed by atoms with Crippen LogP contribution in [0.5, 0.6) is 11.5 Å². The molecule has 6 aromatic rings. The summed E-state index contributed by atoms with van der Waals surface area (Å²) in [4.78, 5) is 34.6. The highest BCUT2D eigenvalue weighted by atomic mass is 16.3. The topological polar surface area (TPSA) is 124 Å². The SMILES string of the molecule is O=C(CCCCCCCC(=O)Nc1cccc2cc3cccc(O)c3nc12)Nc1cccc2cc3cccc(O)c3nc12. The van der Waals surface area contributed by atoms with E-state index in [0.29, 0.717) is 46.3 Å². The molecule has 0 aliphatic heterocycles. The van der Waals surface area contributed by atoms with Crippen molar-refractivity contribution in [3.05, 3.63) is 84.9 Å². The van der Waals surface area contributed by atoms with Crippen LogP contribution in [0, 0.1) is 0 Å². The Labute approximate surface area is 248 Å². The molecule has 216 valence electrons. The molecular formula is C35H32N4O4. The van der Waals surface area contributed by atoms with Gasteiger partial charge in [0.1, 0.15) is 22.5 Å². The number of rotatable bonds is 10. The molecule has 0 radical (unpaired) electrons. The minimum absolute atomic E-state index is 0.0733. The molecule has 0 fully saturated rings. The van der Waals surface area contributed by atoms with E-state index in [1.807, 2.05) is 60.7 Å². The van der Waals surface area contributed by atoms with E-state index in [0.717, 1.165) is 53.6 Å². The molecule has 0 spiro atoms. The highest BCUT2D eigenvalue weighted by molar-refractivity contribution is 6.05. The number of nitrogens with one attached hydrogen (secondary N) is 2. The fraction of sp³-hybridized carbons (Fsp3) is 0.200. The molecule has 0 saturated heterocycles. The number of amides is 2. The first-order valence-corrected chi connectivity index (χ1v) is 14.6. The largest absolute Gasteiger partial charge is 0.506 e. The zero-order valence-electron chi connectivity index (χ0n) is 23.6. The van der Waals surface area contributed by atoms with Gasteiger partial charge in [0.2, 0.25) is 11.8 Å². The number of pyridine rings is 2. The van der Waals surface area contributed by atoms with Gasteiger partial charge in [-0.25, -0.2) is 9.97 Å². The third kappa shape index (κ3) is 6.18. The average Bonchev–Trinajstić information content (AvgIpc) is 3.00. The van der Waals surface area contributed by atoms with Gasteiger partial charge in [-0.1, -0.05) is 67.8 Å². The van der Waals surface area contributed by atoms with E-state index < -0.39 is 0 Å². The molecule has 4 aromatic carbocycles. The first-order valence-electron chi connectivity index (χ1n) is 14.6. The van der Waals surface area contributed by atoms with Gasteiger partial charge in [-0.2, -0.15) is 0 Å². The highest BCUT2D eigenvalue weighted by Crippen LogP contribution is 2.31. The molecule has 0 saturated carbocycles. The van der Waals surface area contributed by atoms with Gasteiger partial charge in [0, 0.05) is 34.4 Å². The number of para-hydroxylation sites is 4. The third-order valence-corrected chi connectivity index (χ3v) is 7.65. The van der Waals surface area contributed by atoms with Gasteiger partial charge in [0.15, 0.2) is 0 Å². The molecule has 8 heteroatoms. The number of aromatic hydroxyl groups is 2.